The molecule has 0 radical (unpaired) electrons. The van der Waals surface area contributed by atoms with Gasteiger partial charge in [-0.3, -0.25) is 4.79 Å². The third-order valence-corrected chi connectivity index (χ3v) is 2.66. The number of halogens is 3. The van der Waals surface area contributed by atoms with Crippen molar-refractivity contribution in [3.63, 3.8) is 0 Å². The summed E-state index contributed by atoms with van der Waals surface area (Å²) in [6.45, 7) is 2.54. The molecule has 1 unspecified atom stereocenters. The van der Waals surface area contributed by atoms with E-state index in [-0.39, 0.29) is 6.42 Å². The molecule has 3 nitrogen and oxygen atoms in total. The molecule has 0 bridgehead atoms. The fourth-order valence-electron chi connectivity index (χ4n) is 1.71. The van der Waals surface area contributed by atoms with E-state index < -0.39 is 23.8 Å². The number of carboxylic acid groups (broad SMARTS) is 1. The second-order valence-electron chi connectivity index (χ2n) is 4.22. The van der Waals surface area contributed by atoms with Gasteiger partial charge in [-0.25, -0.2) is 0 Å². The lowest BCUT2D eigenvalue weighted by Gasteiger charge is -2.17. The van der Waals surface area contributed by atoms with Crippen LogP contribution in [0.5, 0.6) is 0 Å². The quantitative estimate of drug-likeness (QED) is 0.838. The molecule has 2 N–H and O–H groups in total. The van der Waals surface area contributed by atoms with Gasteiger partial charge in [0, 0.05) is 6.04 Å². The van der Waals surface area contributed by atoms with Crippen LogP contribution in [0.4, 0.5) is 13.2 Å². The molecular weight excluding hydrogens is 259 g/mol. The van der Waals surface area contributed by atoms with Gasteiger partial charge >= 0.3 is 12.1 Å². The molecule has 6 heteroatoms. The van der Waals surface area contributed by atoms with E-state index in [2.05, 4.69) is 5.32 Å². The number of carbonyl (C=O) groups is 1. The fourth-order valence-corrected chi connectivity index (χ4v) is 1.71. The minimum atomic E-state index is -4.38. The van der Waals surface area contributed by atoms with E-state index in [4.69, 9.17) is 5.11 Å². The summed E-state index contributed by atoms with van der Waals surface area (Å²) >= 11 is 0. The molecule has 0 fully saturated rings. The highest BCUT2D eigenvalue weighted by atomic mass is 19.4. The van der Waals surface area contributed by atoms with Crippen LogP contribution < -0.4 is 5.32 Å². The van der Waals surface area contributed by atoms with Gasteiger partial charge in [0.05, 0.1) is 12.0 Å². The van der Waals surface area contributed by atoms with Crippen molar-refractivity contribution in [3.05, 3.63) is 35.4 Å². The molecule has 0 aliphatic rings. The summed E-state index contributed by atoms with van der Waals surface area (Å²) in [5, 5.41) is 11.8. The first kappa shape index (κ1) is 15.5. The highest BCUT2D eigenvalue weighted by Crippen LogP contribution is 2.30. The number of hydrogen-bond acceptors (Lipinski definition) is 2. The zero-order valence-corrected chi connectivity index (χ0v) is 10.5. The molecule has 0 aliphatic carbocycles. The van der Waals surface area contributed by atoms with Crippen LogP contribution in [-0.2, 0) is 11.0 Å². The first-order valence-electron chi connectivity index (χ1n) is 5.97. The van der Waals surface area contributed by atoms with Crippen LogP contribution >= 0.6 is 0 Å². The highest BCUT2D eigenvalue weighted by molar-refractivity contribution is 5.68. The van der Waals surface area contributed by atoms with E-state index in [9.17, 15) is 18.0 Å². The smallest absolute Gasteiger partial charge is 0.416 e. The Bertz CT molecular complexity index is 415. The van der Waals surface area contributed by atoms with Crippen molar-refractivity contribution in [3.8, 4) is 0 Å². The Morgan fingerprint density at radius 1 is 1.32 bits per heavy atom. The molecule has 19 heavy (non-hydrogen) atoms. The molecular formula is C13H16F3NO2. The minimum Gasteiger partial charge on any atom is -0.481 e. The van der Waals surface area contributed by atoms with Crippen molar-refractivity contribution in [2.45, 2.75) is 32.0 Å². The summed E-state index contributed by atoms with van der Waals surface area (Å²) in [5.41, 5.74) is -0.190. The lowest BCUT2D eigenvalue weighted by atomic mass is 10.0. The molecule has 0 saturated carbocycles. The van der Waals surface area contributed by atoms with E-state index in [0.717, 1.165) is 18.6 Å². The Balaban J connectivity index is 2.87. The van der Waals surface area contributed by atoms with Gasteiger partial charge in [-0.2, -0.15) is 13.2 Å². The maximum Gasteiger partial charge on any atom is 0.416 e. The lowest BCUT2D eigenvalue weighted by Crippen LogP contribution is -2.24. The minimum absolute atomic E-state index is 0.161. The van der Waals surface area contributed by atoms with Crippen molar-refractivity contribution in [2.75, 3.05) is 6.54 Å². The van der Waals surface area contributed by atoms with Crippen LogP contribution in [0.15, 0.2) is 24.3 Å². The number of carboxylic acids is 1. The summed E-state index contributed by atoms with van der Waals surface area (Å²) in [5.74, 6) is -0.992. The van der Waals surface area contributed by atoms with Gasteiger partial charge in [0.15, 0.2) is 0 Å². The zero-order chi connectivity index (χ0) is 14.5. The molecule has 0 spiro atoms. The summed E-state index contributed by atoms with van der Waals surface area (Å²) in [7, 11) is 0. The van der Waals surface area contributed by atoms with Gasteiger partial charge in [0.25, 0.3) is 0 Å². The second kappa shape index (κ2) is 6.56. The van der Waals surface area contributed by atoms with Crippen molar-refractivity contribution in [1.29, 1.82) is 0 Å². The fraction of sp³-hybridized carbons (Fsp3) is 0.462. The molecule has 0 saturated heterocycles. The highest BCUT2D eigenvalue weighted by Gasteiger charge is 2.30. The number of hydrogen-bond donors (Lipinski definition) is 2. The Kier molecular flexibility index (Phi) is 5.35. The van der Waals surface area contributed by atoms with Crippen LogP contribution in [0.1, 0.15) is 36.9 Å². The summed E-state index contributed by atoms with van der Waals surface area (Å²) in [6.07, 6.45) is -3.72. The van der Waals surface area contributed by atoms with Crippen LogP contribution in [0.25, 0.3) is 0 Å². The molecule has 0 aliphatic heterocycles. The SMILES string of the molecule is CCCNC(CC(=O)O)c1ccc(C(F)(F)F)cc1. The topological polar surface area (TPSA) is 49.3 Å². The van der Waals surface area contributed by atoms with Crippen LogP contribution in [0, 0.1) is 0 Å². The summed E-state index contributed by atoms with van der Waals surface area (Å²) in [6, 6.07) is 4.10. The monoisotopic (exact) mass is 275 g/mol. The third kappa shape index (κ3) is 4.90. The van der Waals surface area contributed by atoms with Gasteiger partial charge < -0.3 is 10.4 Å². The maximum absolute atomic E-state index is 12.4. The van der Waals surface area contributed by atoms with Crippen molar-refractivity contribution >= 4 is 5.97 Å². The Labute approximate surface area is 109 Å². The van der Waals surface area contributed by atoms with Crippen LogP contribution in [-0.4, -0.2) is 17.6 Å². The first-order valence-corrected chi connectivity index (χ1v) is 5.97. The van der Waals surface area contributed by atoms with Gasteiger partial charge in [-0.1, -0.05) is 19.1 Å². The van der Waals surface area contributed by atoms with E-state index in [1.54, 1.807) is 0 Å². The Morgan fingerprint density at radius 3 is 2.32 bits per heavy atom. The Hall–Kier alpha value is -1.56. The molecule has 1 aromatic carbocycles. The molecule has 0 aromatic heterocycles. The molecule has 0 amide bonds. The molecule has 1 rings (SSSR count). The largest absolute Gasteiger partial charge is 0.481 e. The van der Waals surface area contributed by atoms with E-state index in [0.29, 0.717) is 12.1 Å². The number of nitrogens with one attached hydrogen (secondary N) is 1. The van der Waals surface area contributed by atoms with E-state index in [1.165, 1.54) is 12.1 Å². The average molecular weight is 275 g/mol. The Morgan fingerprint density at radius 2 is 1.89 bits per heavy atom. The van der Waals surface area contributed by atoms with Crippen molar-refractivity contribution in [1.82, 2.24) is 5.32 Å². The first-order chi connectivity index (χ1) is 8.84. The number of benzene rings is 1. The van der Waals surface area contributed by atoms with Gasteiger partial charge in [0.2, 0.25) is 0 Å². The molecule has 1 aromatic rings. The molecule has 1 atom stereocenters. The van der Waals surface area contributed by atoms with Gasteiger partial charge in [-0.05, 0) is 30.7 Å². The van der Waals surface area contributed by atoms with Gasteiger partial charge in [0.1, 0.15) is 0 Å². The number of aliphatic carboxylic acids is 1. The third-order valence-electron chi connectivity index (χ3n) is 2.66. The maximum atomic E-state index is 12.4. The second-order valence-corrected chi connectivity index (χ2v) is 4.22. The zero-order valence-electron chi connectivity index (χ0n) is 10.5. The number of rotatable bonds is 6. The summed E-state index contributed by atoms with van der Waals surface area (Å²) < 4.78 is 37.3. The standard InChI is InChI=1S/C13H16F3NO2/c1-2-7-17-11(8-12(18)19)9-3-5-10(6-4-9)13(14,15)16/h3-6,11,17H,2,7-8H2,1H3,(H,18,19). The molecule has 106 valence electrons. The summed E-state index contributed by atoms with van der Waals surface area (Å²) in [4.78, 5) is 10.8. The van der Waals surface area contributed by atoms with E-state index >= 15 is 0 Å². The van der Waals surface area contributed by atoms with Gasteiger partial charge in [-0.15, -0.1) is 0 Å². The normalized spacial score (nSPS) is 13.3. The lowest BCUT2D eigenvalue weighted by molar-refractivity contribution is -0.138. The van der Waals surface area contributed by atoms with Crippen molar-refractivity contribution < 1.29 is 23.1 Å². The number of alkyl halides is 3. The van der Waals surface area contributed by atoms with Crippen molar-refractivity contribution in [2.24, 2.45) is 0 Å². The van der Waals surface area contributed by atoms with E-state index in [1.807, 2.05) is 6.92 Å². The predicted molar refractivity (Wildman–Crippen MR) is 64.7 cm³/mol. The van der Waals surface area contributed by atoms with Crippen LogP contribution in [0.2, 0.25) is 0 Å². The molecule has 0 heterocycles. The predicted octanol–water partition coefficient (Wildman–Crippen LogP) is 3.22. The average Bonchev–Trinajstić information content (AvgIpc) is 2.33. The van der Waals surface area contributed by atoms with Crippen LogP contribution in [0.3, 0.4) is 0 Å².